The molecule has 2 aromatic rings. The van der Waals surface area contributed by atoms with Crippen LogP contribution in [0.1, 0.15) is 34.7 Å². The number of hydrogen-bond acceptors (Lipinski definition) is 4. The van der Waals surface area contributed by atoms with Crippen LogP contribution in [0.3, 0.4) is 0 Å². The van der Waals surface area contributed by atoms with Crippen LogP contribution in [0.5, 0.6) is 5.75 Å². The predicted octanol–water partition coefficient (Wildman–Crippen LogP) is 2.45. The molecule has 0 amide bonds. The molecule has 0 saturated heterocycles. The summed E-state index contributed by atoms with van der Waals surface area (Å²) in [5, 5.41) is 18.0. The highest BCUT2D eigenvalue weighted by Crippen LogP contribution is 2.17. The SMILES string of the molecule is CC(=O)c1cccc(COc2ccc(C(O)O)cc2)c1. The number of benzene rings is 2. The van der Waals surface area contributed by atoms with Gasteiger partial charge in [-0.25, -0.2) is 0 Å². The first-order chi connectivity index (χ1) is 9.56. The van der Waals surface area contributed by atoms with Crippen molar-refractivity contribution in [2.45, 2.75) is 19.8 Å². The summed E-state index contributed by atoms with van der Waals surface area (Å²) in [4.78, 5) is 11.3. The molecule has 0 saturated carbocycles. The van der Waals surface area contributed by atoms with Crippen molar-refractivity contribution >= 4 is 5.78 Å². The van der Waals surface area contributed by atoms with Crippen LogP contribution in [0.25, 0.3) is 0 Å². The number of Topliss-reactive ketones (excluding diaryl/α,β-unsaturated/α-hetero) is 1. The molecule has 0 aliphatic rings. The number of ether oxygens (including phenoxy) is 1. The van der Waals surface area contributed by atoms with Gasteiger partial charge in [-0.05, 0) is 30.7 Å². The van der Waals surface area contributed by atoms with Gasteiger partial charge in [-0.1, -0.05) is 30.3 Å². The van der Waals surface area contributed by atoms with Gasteiger partial charge in [-0.15, -0.1) is 0 Å². The monoisotopic (exact) mass is 272 g/mol. The molecule has 0 fully saturated rings. The Morgan fingerprint density at radius 1 is 1.15 bits per heavy atom. The van der Waals surface area contributed by atoms with Crippen LogP contribution in [0, 0.1) is 0 Å². The number of hydrogen-bond donors (Lipinski definition) is 2. The lowest BCUT2D eigenvalue weighted by Gasteiger charge is -2.09. The molecule has 0 bridgehead atoms. The fourth-order valence-corrected chi connectivity index (χ4v) is 1.78. The van der Waals surface area contributed by atoms with Gasteiger partial charge in [0.15, 0.2) is 12.1 Å². The van der Waals surface area contributed by atoms with E-state index >= 15 is 0 Å². The Labute approximate surface area is 117 Å². The van der Waals surface area contributed by atoms with E-state index in [9.17, 15) is 4.79 Å². The maximum atomic E-state index is 11.3. The van der Waals surface area contributed by atoms with Crippen molar-refractivity contribution < 1.29 is 19.7 Å². The van der Waals surface area contributed by atoms with Crippen LogP contribution in [0.2, 0.25) is 0 Å². The van der Waals surface area contributed by atoms with Crippen LogP contribution in [-0.4, -0.2) is 16.0 Å². The van der Waals surface area contributed by atoms with E-state index in [2.05, 4.69) is 0 Å². The molecule has 0 aliphatic heterocycles. The number of ketones is 1. The normalized spacial score (nSPS) is 10.6. The number of carbonyl (C=O) groups excluding carboxylic acids is 1. The van der Waals surface area contributed by atoms with Gasteiger partial charge in [0.25, 0.3) is 0 Å². The van der Waals surface area contributed by atoms with Gasteiger partial charge in [-0.3, -0.25) is 4.79 Å². The third kappa shape index (κ3) is 3.66. The molecule has 0 heterocycles. The van der Waals surface area contributed by atoms with Gasteiger partial charge in [0.2, 0.25) is 0 Å². The Morgan fingerprint density at radius 2 is 1.85 bits per heavy atom. The molecule has 2 N–H and O–H groups in total. The van der Waals surface area contributed by atoms with Crippen LogP contribution >= 0.6 is 0 Å². The van der Waals surface area contributed by atoms with Crippen molar-refractivity contribution in [2.24, 2.45) is 0 Å². The van der Waals surface area contributed by atoms with E-state index in [-0.39, 0.29) is 5.78 Å². The second-order valence-corrected chi connectivity index (χ2v) is 4.49. The minimum absolute atomic E-state index is 0.0214. The third-order valence-corrected chi connectivity index (χ3v) is 2.92. The molecule has 0 aliphatic carbocycles. The molecule has 0 atom stereocenters. The lowest BCUT2D eigenvalue weighted by molar-refractivity contribution is -0.0425. The number of aliphatic hydroxyl groups is 2. The van der Waals surface area contributed by atoms with E-state index in [0.717, 1.165) is 5.56 Å². The maximum Gasteiger partial charge on any atom is 0.178 e. The van der Waals surface area contributed by atoms with Crippen LogP contribution in [-0.2, 0) is 6.61 Å². The zero-order valence-electron chi connectivity index (χ0n) is 11.1. The van der Waals surface area contributed by atoms with Crippen molar-refractivity contribution in [2.75, 3.05) is 0 Å². The fraction of sp³-hybridized carbons (Fsp3) is 0.188. The standard InChI is InChI=1S/C16H16O4/c1-11(17)14-4-2-3-12(9-14)10-20-15-7-5-13(6-8-15)16(18)19/h2-9,16,18-19H,10H2,1H3. The number of rotatable bonds is 5. The minimum Gasteiger partial charge on any atom is -0.489 e. The predicted molar refractivity (Wildman–Crippen MR) is 74.4 cm³/mol. The molecule has 0 aromatic heterocycles. The van der Waals surface area contributed by atoms with Crippen LogP contribution in [0.15, 0.2) is 48.5 Å². The van der Waals surface area contributed by atoms with E-state index in [4.69, 9.17) is 14.9 Å². The first kappa shape index (κ1) is 14.2. The average molecular weight is 272 g/mol. The second-order valence-electron chi connectivity index (χ2n) is 4.49. The van der Waals surface area contributed by atoms with Crippen molar-refractivity contribution in [1.29, 1.82) is 0 Å². The smallest absolute Gasteiger partial charge is 0.178 e. The Morgan fingerprint density at radius 3 is 2.45 bits per heavy atom. The lowest BCUT2D eigenvalue weighted by Crippen LogP contribution is -1.99. The molecule has 4 heteroatoms. The summed E-state index contributed by atoms with van der Waals surface area (Å²) in [6.45, 7) is 1.88. The quantitative estimate of drug-likeness (QED) is 0.648. The summed E-state index contributed by atoms with van der Waals surface area (Å²) in [7, 11) is 0. The summed E-state index contributed by atoms with van der Waals surface area (Å²) >= 11 is 0. The van der Waals surface area contributed by atoms with Gasteiger partial charge < -0.3 is 14.9 Å². The highest BCUT2D eigenvalue weighted by atomic mass is 16.5. The molecule has 2 aromatic carbocycles. The Balaban J connectivity index is 2.01. The van der Waals surface area contributed by atoms with Crippen molar-refractivity contribution in [3.05, 3.63) is 65.2 Å². The van der Waals surface area contributed by atoms with E-state index in [1.165, 1.54) is 6.92 Å². The van der Waals surface area contributed by atoms with E-state index in [1.54, 1.807) is 36.4 Å². The van der Waals surface area contributed by atoms with E-state index in [1.807, 2.05) is 12.1 Å². The van der Waals surface area contributed by atoms with Gasteiger partial charge in [0.05, 0.1) is 0 Å². The maximum absolute atomic E-state index is 11.3. The summed E-state index contributed by atoms with van der Waals surface area (Å²) in [6, 6.07) is 13.8. The summed E-state index contributed by atoms with van der Waals surface area (Å²) < 4.78 is 5.59. The zero-order valence-corrected chi connectivity index (χ0v) is 11.1. The molecule has 2 rings (SSSR count). The van der Waals surface area contributed by atoms with Crippen molar-refractivity contribution in [1.82, 2.24) is 0 Å². The Kier molecular flexibility index (Phi) is 4.50. The second kappa shape index (κ2) is 6.32. The number of aliphatic hydroxyl groups excluding tert-OH is 1. The first-order valence-electron chi connectivity index (χ1n) is 6.25. The zero-order chi connectivity index (χ0) is 14.5. The average Bonchev–Trinajstić information content (AvgIpc) is 2.46. The summed E-state index contributed by atoms with van der Waals surface area (Å²) in [6.07, 6.45) is -1.48. The van der Waals surface area contributed by atoms with Crippen molar-refractivity contribution in [3.8, 4) is 5.75 Å². The van der Waals surface area contributed by atoms with Crippen LogP contribution < -0.4 is 4.74 Å². The van der Waals surface area contributed by atoms with Crippen LogP contribution in [0.4, 0.5) is 0 Å². The third-order valence-electron chi connectivity index (χ3n) is 2.92. The topological polar surface area (TPSA) is 66.8 Å². The molecule has 20 heavy (non-hydrogen) atoms. The minimum atomic E-state index is -1.48. The highest BCUT2D eigenvalue weighted by Gasteiger charge is 2.04. The molecular weight excluding hydrogens is 256 g/mol. The molecule has 0 radical (unpaired) electrons. The van der Waals surface area contributed by atoms with E-state index in [0.29, 0.717) is 23.5 Å². The number of carbonyl (C=O) groups is 1. The largest absolute Gasteiger partial charge is 0.489 e. The molecule has 0 spiro atoms. The van der Waals surface area contributed by atoms with Gasteiger partial charge in [0, 0.05) is 11.1 Å². The van der Waals surface area contributed by atoms with Crippen molar-refractivity contribution in [3.63, 3.8) is 0 Å². The fourth-order valence-electron chi connectivity index (χ4n) is 1.78. The summed E-state index contributed by atoms with van der Waals surface area (Å²) in [5.41, 5.74) is 1.98. The molecule has 4 nitrogen and oxygen atoms in total. The molecule has 104 valence electrons. The van der Waals surface area contributed by atoms with Gasteiger partial charge in [-0.2, -0.15) is 0 Å². The highest BCUT2D eigenvalue weighted by molar-refractivity contribution is 5.94. The van der Waals surface area contributed by atoms with E-state index < -0.39 is 6.29 Å². The van der Waals surface area contributed by atoms with Gasteiger partial charge >= 0.3 is 0 Å². The molecule has 0 unspecified atom stereocenters. The Bertz CT molecular complexity index is 588. The first-order valence-corrected chi connectivity index (χ1v) is 6.25. The van der Waals surface area contributed by atoms with Gasteiger partial charge in [0.1, 0.15) is 12.4 Å². The summed E-state index contributed by atoms with van der Waals surface area (Å²) in [5.74, 6) is 0.649. The lowest BCUT2D eigenvalue weighted by atomic mass is 10.1. The molecular formula is C16H16O4. The Hall–Kier alpha value is -2.17.